The third-order valence-corrected chi connectivity index (χ3v) is 3.52. The molecule has 0 aliphatic heterocycles. The monoisotopic (exact) mass is 335 g/mol. The Balaban J connectivity index is 2.05. The van der Waals surface area contributed by atoms with E-state index in [1.807, 2.05) is 13.0 Å². The van der Waals surface area contributed by atoms with E-state index in [0.29, 0.717) is 23.1 Å². The third kappa shape index (κ3) is 3.61. The average molecular weight is 336 g/mol. The number of nitro benzene ring substituents is 1. The highest BCUT2D eigenvalue weighted by atomic mass is 79.9. The number of nitrogens with zero attached hydrogens (tertiary/aromatic N) is 2. The second-order valence-corrected chi connectivity index (χ2v) is 5.35. The Morgan fingerprint density at radius 3 is 2.75 bits per heavy atom. The minimum Gasteiger partial charge on any atom is -0.308 e. The average Bonchev–Trinajstić information content (AvgIpc) is 2.42. The van der Waals surface area contributed by atoms with Crippen LogP contribution in [0.15, 0.2) is 41.1 Å². The first-order chi connectivity index (χ1) is 9.58. The maximum Gasteiger partial charge on any atom is 0.275 e. The quantitative estimate of drug-likeness (QED) is 0.672. The van der Waals surface area contributed by atoms with Gasteiger partial charge in [0, 0.05) is 41.6 Å². The van der Waals surface area contributed by atoms with Crippen molar-refractivity contribution in [3.63, 3.8) is 0 Å². The predicted octanol–water partition coefficient (Wildman–Crippen LogP) is 3.35. The summed E-state index contributed by atoms with van der Waals surface area (Å²) in [5, 5.41) is 14.2. The van der Waals surface area contributed by atoms with Crippen LogP contribution in [0.25, 0.3) is 0 Å². The van der Waals surface area contributed by atoms with Crippen molar-refractivity contribution in [2.45, 2.75) is 20.0 Å². The Hall–Kier alpha value is -1.79. The van der Waals surface area contributed by atoms with Crippen molar-refractivity contribution in [1.29, 1.82) is 0 Å². The van der Waals surface area contributed by atoms with Gasteiger partial charge in [-0.3, -0.25) is 15.1 Å². The van der Waals surface area contributed by atoms with Crippen LogP contribution in [0, 0.1) is 17.0 Å². The summed E-state index contributed by atoms with van der Waals surface area (Å²) in [6.07, 6.45) is 3.55. The summed E-state index contributed by atoms with van der Waals surface area (Å²) >= 11 is 3.25. The summed E-state index contributed by atoms with van der Waals surface area (Å²) in [4.78, 5) is 14.7. The molecular weight excluding hydrogens is 322 g/mol. The number of benzene rings is 1. The van der Waals surface area contributed by atoms with Crippen molar-refractivity contribution < 1.29 is 4.92 Å². The van der Waals surface area contributed by atoms with Crippen LogP contribution >= 0.6 is 15.9 Å². The van der Waals surface area contributed by atoms with Gasteiger partial charge in [-0.15, -0.1) is 0 Å². The van der Waals surface area contributed by atoms with Gasteiger partial charge in [-0.05, 0) is 36.2 Å². The van der Waals surface area contributed by atoms with Crippen LogP contribution < -0.4 is 5.32 Å². The highest BCUT2D eigenvalue weighted by Crippen LogP contribution is 2.23. The number of nitrogens with one attached hydrogen (secondary N) is 1. The molecular formula is C14H14BrN3O2. The molecule has 20 heavy (non-hydrogen) atoms. The highest BCUT2D eigenvalue weighted by Gasteiger charge is 2.13. The lowest BCUT2D eigenvalue weighted by Gasteiger charge is -2.08. The first-order valence-electron chi connectivity index (χ1n) is 6.11. The van der Waals surface area contributed by atoms with Gasteiger partial charge in [0.2, 0.25) is 0 Å². The molecule has 0 aliphatic rings. The van der Waals surface area contributed by atoms with Crippen LogP contribution in [0.4, 0.5) is 5.69 Å². The van der Waals surface area contributed by atoms with Gasteiger partial charge in [0.05, 0.1) is 4.92 Å². The molecule has 0 unspecified atom stereocenters. The lowest BCUT2D eigenvalue weighted by molar-refractivity contribution is -0.385. The Morgan fingerprint density at radius 2 is 2.05 bits per heavy atom. The minimum absolute atomic E-state index is 0.120. The summed E-state index contributed by atoms with van der Waals surface area (Å²) < 4.78 is 0.705. The number of nitro groups is 1. The molecule has 5 nitrogen and oxygen atoms in total. The molecule has 0 radical (unpaired) electrons. The van der Waals surface area contributed by atoms with Crippen LogP contribution in [0.1, 0.15) is 16.7 Å². The Kier molecular flexibility index (Phi) is 4.81. The molecule has 1 aromatic carbocycles. The first-order valence-corrected chi connectivity index (χ1v) is 6.90. The number of pyridine rings is 1. The van der Waals surface area contributed by atoms with E-state index in [0.717, 1.165) is 11.1 Å². The molecule has 6 heteroatoms. The minimum atomic E-state index is -0.364. The van der Waals surface area contributed by atoms with E-state index in [-0.39, 0.29) is 10.6 Å². The van der Waals surface area contributed by atoms with Crippen molar-refractivity contribution in [2.75, 3.05) is 0 Å². The summed E-state index contributed by atoms with van der Waals surface area (Å²) in [5.41, 5.74) is 3.03. The van der Waals surface area contributed by atoms with Gasteiger partial charge in [-0.1, -0.05) is 15.9 Å². The molecule has 0 amide bonds. The number of halogens is 1. The van der Waals surface area contributed by atoms with E-state index in [1.165, 1.54) is 6.07 Å². The van der Waals surface area contributed by atoms with Crippen LogP contribution in [0.3, 0.4) is 0 Å². The lowest BCUT2D eigenvalue weighted by atomic mass is 10.1. The Bertz CT molecular complexity index is 632. The number of aromatic nitrogens is 1. The van der Waals surface area contributed by atoms with Crippen molar-refractivity contribution in [2.24, 2.45) is 0 Å². The summed E-state index contributed by atoms with van der Waals surface area (Å²) in [6.45, 7) is 3.09. The van der Waals surface area contributed by atoms with Gasteiger partial charge in [0.25, 0.3) is 5.69 Å². The fourth-order valence-electron chi connectivity index (χ4n) is 1.87. The van der Waals surface area contributed by atoms with Gasteiger partial charge >= 0.3 is 0 Å². The van der Waals surface area contributed by atoms with Crippen molar-refractivity contribution in [1.82, 2.24) is 10.3 Å². The lowest BCUT2D eigenvalue weighted by Crippen LogP contribution is -2.14. The van der Waals surface area contributed by atoms with Crippen LogP contribution in [0.5, 0.6) is 0 Å². The standard InChI is InChI=1S/C14H14BrN3O2/c1-10-4-5-16-8-12(10)9-17-7-11-2-3-13(15)6-14(11)18(19)20/h2-6,8,17H,7,9H2,1H3. The fourth-order valence-corrected chi connectivity index (χ4v) is 2.22. The Morgan fingerprint density at radius 1 is 1.30 bits per heavy atom. The Labute approximate surface area is 125 Å². The van der Waals surface area contributed by atoms with Crippen molar-refractivity contribution >= 4 is 21.6 Å². The molecule has 104 valence electrons. The van der Waals surface area contributed by atoms with Crippen LogP contribution in [-0.4, -0.2) is 9.91 Å². The molecule has 2 aromatic rings. The number of hydrogen-bond donors (Lipinski definition) is 1. The second kappa shape index (κ2) is 6.58. The summed E-state index contributed by atoms with van der Waals surface area (Å²) in [6, 6.07) is 7.02. The van der Waals surface area contributed by atoms with Crippen molar-refractivity contribution in [3.8, 4) is 0 Å². The number of rotatable bonds is 5. The van der Waals surface area contributed by atoms with E-state index in [9.17, 15) is 10.1 Å². The molecule has 0 bridgehead atoms. The zero-order valence-corrected chi connectivity index (χ0v) is 12.6. The molecule has 2 rings (SSSR count). The van der Waals surface area contributed by atoms with E-state index in [4.69, 9.17) is 0 Å². The van der Waals surface area contributed by atoms with Crippen LogP contribution in [-0.2, 0) is 13.1 Å². The summed E-state index contributed by atoms with van der Waals surface area (Å²) in [5.74, 6) is 0. The first kappa shape index (κ1) is 14.6. The topological polar surface area (TPSA) is 68.1 Å². The number of aryl methyl sites for hydroxylation is 1. The predicted molar refractivity (Wildman–Crippen MR) is 80.3 cm³/mol. The zero-order valence-electron chi connectivity index (χ0n) is 11.0. The number of hydrogen-bond acceptors (Lipinski definition) is 4. The molecule has 1 N–H and O–H groups in total. The van der Waals surface area contributed by atoms with E-state index >= 15 is 0 Å². The van der Waals surface area contributed by atoms with E-state index < -0.39 is 0 Å². The van der Waals surface area contributed by atoms with Crippen molar-refractivity contribution in [3.05, 3.63) is 67.9 Å². The van der Waals surface area contributed by atoms with Gasteiger partial charge in [0.15, 0.2) is 0 Å². The highest BCUT2D eigenvalue weighted by molar-refractivity contribution is 9.10. The molecule has 0 fully saturated rings. The molecule has 0 saturated carbocycles. The molecule has 0 atom stereocenters. The zero-order chi connectivity index (χ0) is 14.5. The second-order valence-electron chi connectivity index (χ2n) is 4.44. The van der Waals surface area contributed by atoms with Gasteiger partial charge in [-0.25, -0.2) is 0 Å². The fraction of sp³-hybridized carbons (Fsp3) is 0.214. The van der Waals surface area contributed by atoms with E-state index in [2.05, 4.69) is 26.2 Å². The molecule has 0 spiro atoms. The molecule has 0 aliphatic carbocycles. The smallest absolute Gasteiger partial charge is 0.275 e. The third-order valence-electron chi connectivity index (χ3n) is 3.02. The molecule has 0 saturated heterocycles. The SMILES string of the molecule is Cc1ccncc1CNCc1ccc(Br)cc1[N+](=O)[O-]. The summed E-state index contributed by atoms with van der Waals surface area (Å²) in [7, 11) is 0. The van der Waals surface area contributed by atoms with Gasteiger partial charge in [-0.2, -0.15) is 0 Å². The maximum atomic E-state index is 11.0. The molecule has 1 heterocycles. The van der Waals surface area contributed by atoms with Gasteiger partial charge in [0.1, 0.15) is 0 Å². The van der Waals surface area contributed by atoms with Gasteiger partial charge < -0.3 is 5.32 Å². The normalized spacial score (nSPS) is 10.5. The van der Waals surface area contributed by atoms with Crippen LogP contribution in [0.2, 0.25) is 0 Å². The van der Waals surface area contributed by atoms with E-state index in [1.54, 1.807) is 24.5 Å². The molecule has 1 aromatic heterocycles. The largest absolute Gasteiger partial charge is 0.308 e. The maximum absolute atomic E-state index is 11.0.